The molecular formula is C9H13N3. The summed E-state index contributed by atoms with van der Waals surface area (Å²) < 4.78 is 0. The van der Waals surface area contributed by atoms with Gasteiger partial charge in [-0.25, -0.2) is 0 Å². The molecule has 1 N–H and O–H groups in total. The predicted octanol–water partition coefficient (Wildman–Crippen LogP) is 2.05. The van der Waals surface area contributed by atoms with Gasteiger partial charge in [0.15, 0.2) is 0 Å². The second kappa shape index (κ2) is 2.73. The van der Waals surface area contributed by atoms with Crippen molar-refractivity contribution in [2.75, 3.05) is 0 Å². The van der Waals surface area contributed by atoms with Crippen LogP contribution in [0.5, 0.6) is 0 Å². The van der Waals surface area contributed by atoms with Gasteiger partial charge in [0.25, 0.3) is 0 Å². The van der Waals surface area contributed by atoms with E-state index in [1.807, 2.05) is 0 Å². The molecule has 2 heterocycles. The molecule has 2 atom stereocenters. The molecule has 0 spiro atoms. The van der Waals surface area contributed by atoms with Gasteiger partial charge in [0.05, 0.1) is 0 Å². The molecular weight excluding hydrogens is 150 g/mol. The number of hydrogen-bond acceptors (Lipinski definition) is 3. The van der Waals surface area contributed by atoms with Crippen LogP contribution in [0, 0.1) is 11.8 Å². The van der Waals surface area contributed by atoms with E-state index in [9.17, 15) is 0 Å². The Hall–Kier alpha value is -1.12. The van der Waals surface area contributed by atoms with Gasteiger partial charge in [-0.3, -0.25) is 0 Å². The zero-order valence-electron chi connectivity index (χ0n) is 7.36. The molecule has 0 aliphatic carbocycles. The van der Waals surface area contributed by atoms with Crippen molar-refractivity contribution < 1.29 is 0 Å². The minimum absolute atomic E-state index is 0.160. The van der Waals surface area contributed by atoms with Crippen molar-refractivity contribution in [1.82, 2.24) is 5.32 Å². The van der Waals surface area contributed by atoms with E-state index < -0.39 is 0 Å². The molecule has 3 nitrogen and oxygen atoms in total. The van der Waals surface area contributed by atoms with Crippen LogP contribution >= 0.6 is 0 Å². The zero-order chi connectivity index (χ0) is 8.55. The summed E-state index contributed by atoms with van der Waals surface area (Å²) in [5, 5.41) is 11.2. The average Bonchev–Trinajstić information content (AvgIpc) is 2.47. The maximum absolute atomic E-state index is 4.10. The Morgan fingerprint density at radius 3 is 3.08 bits per heavy atom. The van der Waals surface area contributed by atoms with Gasteiger partial charge in [-0.2, -0.15) is 10.2 Å². The monoisotopic (exact) mass is 163 g/mol. The third-order valence-corrected chi connectivity index (χ3v) is 2.36. The lowest BCUT2D eigenvalue weighted by Crippen LogP contribution is -2.25. The van der Waals surface area contributed by atoms with Crippen molar-refractivity contribution in [3.63, 3.8) is 0 Å². The average molecular weight is 163 g/mol. The summed E-state index contributed by atoms with van der Waals surface area (Å²) in [6.45, 7) is 4.41. The third-order valence-electron chi connectivity index (χ3n) is 2.36. The summed E-state index contributed by atoms with van der Waals surface area (Å²) in [5.41, 5.74) is 1.43. The topological polar surface area (TPSA) is 36.8 Å². The molecule has 0 radical (unpaired) electrons. The van der Waals surface area contributed by atoms with Crippen molar-refractivity contribution in [1.29, 1.82) is 0 Å². The fourth-order valence-corrected chi connectivity index (χ4v) is 1.68. The second-order valence-corrected chi connectivity index (χ2v) is 3.51. The summed E-state index contributed by atoms with van der Waals surface area (Å²) in [5.74, 6) is 1.02. The van der Waals surface area contributed by atoms with E-state index in [1.165, 1.54) is 5.57 Å². The minimum atomic E-state index is 0.160. The van der Waals surface area contributed by atoms with Crippen molar-refractivity contribution in [2.24, 2.45) is 22.1 Å². The van der Waals surface area contributed by atoms with Crippen LogP contribution in [-0.2, 0) is 0 Å². The van der Waals surface area contributed by atoms with E-state index in [0.29, 0.717) is 11.8 Å². The second-order valence-electron chi connectivity index (χ2n) is 3.51. The Bertz CT molecular complexity index is 263. The molecule has 2 aliphatic rings. The standard InChI is InChI=1S/C9H13N3/c1-6(2)8-5-10-9-7(8)3-4-11-12-9/h3-7,9-10H,1-2H3. The lowest BCUT2D eigenvalue weighted by Gasteiger charge is -2.18. The van der Waals surface area contributed by atoms with Crippen LogP contribution in [-0.4, -0.2) is 6.17 Å². The van der Waals surface area contributed by atoms with Gasteiger partial charge in [0, 0.05) is 12.1 Å². The van der Waals surface area contributed by atoms with Crippen LogP contribution in [0.2, 0.25) is 0 Å². The van der Waals surface area contributed by atoms with Crippen molar-refractivity contribution in [3.05, 3.63) is 24.0 Å². The molecule has 0 aromatic heterocycles. The molecule has 2 rings (SSSR count). The summed E-state index contributed by atoms with van der Waals surface area (Å²) in [7, 11) is 0. The molecule has 3 heteroatoms. The third kappa shape index (κ3) is 1.05. The van der Waals surface area contributed by atoms with Gasteiger partial charge in [0.2, 0.25) is 0 Å². The van der Waals surface area contributed by atoms with Gasteiger partial charge >= 0.3 is 0 Å². The van der Waals surface area contributed by atoms with Crippen LogP contribution in [0.25, 0.3) is 0 Å². The zero-order valence-corrected chi connectivity index (χ0v) is 7.36. The van der Waals surface area contributed by atoms with Gasteiger partial charge in [-0.05, 0) is 17.7 Å². The lowest BCUT2D eigenvalue weighted by atomic mass is 9.91. The molecule has 0 saturated carbocycles. The Morgan fingerprint density at radius 1 is 1.50 bits per heavy atom. The van der Waals surface area contributed by atoms with Crippen LogP contribution in [0.4, 0.5) is 0 Å². The van der Waals surface area contributed by atoms with Crippen LogP contribution in [0.3, 0.4) is 0 Å². The quantitative estimate of drug-likeness (QED) is 0.631. The number of rotatable bonds is 1. The molecule has 0 fully saturated rings. The Labute approximate surface area is 72.3 Å². The summed E-state index contributed by atoms with van der Waals surface area (Å²) in [6, 6.07) is 0. The van der Waals surface area contributed by atoms with Crippen molar-refractivity contribution in [3.8, 4) is 0 Å². The predicted molar refractivity (Wildman–Crippen MR) is 47.3 cm³/mol. The molecule has 2 unspecified atom stereocenters. The first kappa shape index (κ1) is 7.53. The molecule has 64 valence electrons. The molecule has 0 bridgehead atoms. The van der Waals surface area contributed by atoms with Crippen molar-refractivity contribution in [2.45, 2.75) is 20.0 Å². The molecule has 0 aromatic carbocycles. The molecule has 12 heavy (non-hydrogen) atoms. The Morgan fingerprint density at radius 2 is 2.33 bits per heavy atom. The van der Waals surface area contributed by atoms with Gasteiger partial charge < -0.3 is 5.32 Å². The summed E-state index contributed by atoms with van der Waals surface area (Å²) in [4.78, 5) is 0. The van der Waals surface area contributed by atoms with Gasteiger partial charge in [-0.15, -0.1) is 0 Å². The largest absolute Gasteiger partial charge is 0.368 e. The first-order valence-corrected chi connectivity index (χ1v) is 4.31. The minimum Gasteiger partial charge on any atom is -0.368 e. The number of nitrogens with zero attached hydrogens (tertiary/aromatic N) is 2. The van der Waals surface area contributed by atoms with Crippen LogP contribution < -0.4 is 5.32 Å². The SMILES string of the molecule is CC(C)C1=CNC2N=NC=CC12. The first-order chi connectivity index (χ1) is 5.79. The smallest absolute Gasteiger partial charge is 0.149 e. The highest BCUT2D eigenvalue weighted by Crippen LogP contribution is 2.30. The first-order valence-electron chi connectivity index (χ1n) is 4.31. The van der Waals surface area contributed by atoms with Gasteiger partial charge in [0.1, 0.15) is 6.17 Å². The summed E-state index contributed by atoms with van der Waals surface area (Å²) >= 11 is 0. The highest BCUT2D eigenvalue weighted by molar-refractivity contribution is 5.24. The molecule has 0 aromatic rings. The lowest BCUT2D eigenvalue weighted by molar-refractivity contribution is 0.500. The normalized spacial score (nSPS) is 31.8. The highest BCUT2D eigenvalue weighted by atomic mass is 15.2. The van der Waals surface area contributed by atoms with E-state index in [-0.39, 0.29) is 6.17 Å². The molecule has 0 amide bonds. The molecule has 2 aliphatic heterocycles. The van der Waals surface area contributed by atoms with Crippen LogP contribution in [0.15, 0.2) is 34.3 Å². The molecule has 0 saturated heterocycles. The highest BCUT2D eigenvalue weighted by Gasteiger charge is 2.30. The maximum atomic E-state index is 4.10. The number of nitrogens with one attached hydrogen (secondary N) is 1. The van der Waals surface area contributed by atoms with E-state index in [0.717, 1.165) is 0 Å². The fraction of sp³-hybridized carbons (Fsp3) is 0.556. The van der Waals surface area contributed by atoms with Crippen molar-refractivity contribution >= 4 is 0 Å². The van der Waals surface area contributed by atoms with Crippen LogP contribution in [0.1, 0.15) is 13.8 Å². The maximum Gasteiger partial charge on any atom is 0.149 e. The van der Waals surface area contributed by atoms with E-state index in [4.69, 9.17) is 0 Å². The van der Waals surface area contributed by atoms with E-state index in [1.54, 1.807) is 6.20 Å². The summed E-state index contributed by atoms with van der Waals surface area (Å²) in [6.07, 6.45) is 6.13. The Kier molecular flexibility index (Phi) is 1.71. The van der Waals surface area contributed by atoms with E-state index >= 15 is 0 Å². The Balaban J connectivity index is 2.20. The number of azo groups is 1. The fourth-order valence-electron chi connectivity index (χ4n) is 1.68. The number of fused-ring (bicyclic) bond motifs is 1. The van der Waals surface area contributed by atoms with Gasteiger partial charge in [-0.1, -0.05) is 19.9 Å². The number of hydrogen-bond donors (Lipinski definition) is 1. The van der Waals surface area contributed by atoms with E-state index in [2.05, 4.69) is 41.7 Å².